The maximum absolute atomic E-state index is 13.6. The van der Waals surface area contributed by atoms with E-state index in [2.05, 4.69) is 11.6 Å². The number of rotatable bonds is 5. The smallest absolute Gasteiger partial charge is 0.241 e. The standard InChI is InChI=1S/C15H23FN2O2S/c1-4-15(6-5-7-15)9-18-21(19,20)14-10(2)8-12(16)13(17)11(14)3/h8,18H,4-7,9,17H2,1-3H3. The molecule has 1 aliphatic carbocycles. The van der Waals surface area contributed by atoms with Crippen LogP contribution in [0.15, 0.2) is 11.0 Å². The van der Waals surface area contributed by atoms with Crippen LogP contribution in [-0.2, 0) is 10.0 Å². The molecule has 2 rings (SSSR count). The molecule has 1 aliphatic rings. The summed E-state index contributed by atoms with van der Waals surface area (Å²) in [7, 11) is -3.68. The minimum absolute atomic E-state index is 0.0838. The number of nitrogen functional groups attached to an aromatic ring is 1. The number of halogens is 1. The first-order chi connectivity index (χ1) is 9.72. The van der Waals surface area contributed by atoms with Crippen molar-refractivity contribution >= 4 is 15.7 Å². The quantitative estimate of drug-likeness (QED) is 0.821. The summed E-state index contributed by atoms with van der Waals surface area (Å²) in [6.45, 7) is 5.64. The van der Waals surface area contributed by atoms with Gasteiger partial charge in [0.1, 0.15) is 5.82 Å². The van der Waals surface area contributed by atoms with Crippen molar-refractivity contribution in [3.63, 3.8) is 0 Å². The molecule has 0 saturated heterocycles. The van der Waals surface area contributed by atoms with Crippen molar-refractivity contribution in [1.29, 1.82) is 0 Å². The van der Waals surface area contributed by atoms with Gasteiger partial charge in [-0.3, -0.25) is 0 Å². The van der Waals surface area contributed by atoms with Crippen LogP contribution >= 0.6 is 0 Å². The predicted molar refractivity (Wildman–Crippen MR) is 82.0 cm³/mol. The van der Waals surface area contributed by atoms with Gasteiger partial charge in [0.2, 0.25) is 10.0 Å². The second kappa shape index (κ2) is 5.57. The first kappa shape index (κ1) is 16.2. The molecule has 4 nitrogen and oxygen atoms in total. The lowest BCUT2D eigenvalue weighted by molar-refractivity contribution is 0.133. The summed E-state index contributed by atoms with van der Waals surface area (Å²) in [5.41, 5.74) is 6.27. The summed E-state index contributed by atoms with van der Waals surface area (Å²) in [4.78, 5) is 0.104. The molecule has 1 saturated carbocycles. The minimum Gasteiger partial charge on any atom is -0.396 e. The van der Waals surface area contributed by atoms with Gasteiger partial charge in [-0.2, -0.15) is 0 Å². The normalized spacial score (nSPS) is 17.5. The van der Waals surface area contributed by atoms with E-state index in [1.165, 1.54) is 6.07 Å². The number of nitrogens with two attached hydrogens (primary N) is 1. The van der Waals surface area contributed by atoms with Crippen LogP contribution in [0.5, 0.6) is 0 Å². The third-order valence-electron chi connectivity index (χ3n) is 4.77. The van der Waals surface area contributed by atoms with Gasteiger partial charge in [-0.25, -0.2) is 17.5 Å². The van der Waals surface area contributed by atoms with Gasteiger partial charge in [0.15, 0.2) is 0 Å². The molecule has 6 heteroatoms. The Labute approximate surface area is 126 Å². The Bertz CT molecular complexity index is 647. The molecule has 0 bridgehead atoms. The van der Waals surface area contributed by atoms with Crippen molar-refractivity contribution < 1.29 is 12.8 Å². The van der Waals surface area contributed by atoms with Gasteiger partial charge < -0.3 is 5.73 Å². The summed E-state index contributed by atoms with van der Waals surface area (Å²) in [6, 6.07) is 1.18. The van der Waals surface area contributed by atoms with E-state index in [9.17, 15) is 12.8 Å². The van der Waals surface area contributed by atoms with Crippen LogP contribution in [0, 0.1) is 25.1 Å². The number of benzene rings is 1. The molecule has 118 valence electrons. The molecule has 1 fully saturated rings. The van der Waals surface area contributed by atoms with Crippen LogP contribution in [0.4, 0.5) is 10.1 Å². The van der Waals surface area contributed by atoms with Crippen molar-refractivity contribution in [2.75, 3.05) is 12.3 Å². The third kappa shape index (κ3) is 2.92. The zero-order valence-electron chi connectivity index (χ0n) is 12.8. The fourth-order valence-electron chi connectivity index (χ4n) is 3.00. The van der Waals surface area contributed by atoms with Crippen molar-refractivity contribution in [1.82, 2.24) is 4.72 Å². The molecular formula is C15H23FN2O2S. The highest BCUT2D eigenvalue weighted by Crippen LogP contribution is 2.43. The molecule has 0 spiro atoms. The lowest BCUT2D eigenvalue weighted by Gasteiger charge is -2.41. The molecule has 0 aromatic heterocycles. The minimum atomic E-state index is -3.68. The molecule has 0 unspecified atom stereocenters. The van der Waals surface area contributed by atoms with Gasteiger partial charge in [-0.15, -0.1) is 0 Å². The van der Waals surface area contributed by atoms with Gasteiger partial charge in [-0.05, 0) is 55.7 Å². The van der Waals surface area contributed by atoms with Gasteiger partial charge in [0.25, 0.3) is 0 Å². The fraction of sp³-hybridized carbons (Fsp3) is 0.600. The number of anilines is 1. The Kier molecular flexibility index (Phi) is 4.31. The van der Waals surface area contributed by atoms with E-state index >= 15 is 0 Å². The third-order valence-corrected chi connectivity index (χ3v) is 6.46. The Balaban J connectivity index is 2.30. The summed E-state index contributed by atoms with van der Waals surface area (Å²) < 4.78 is 41.4. The summed E-state index contributed by atoms with van der Waals surface area (Å²) in [5.74, 6) is -0.576. The number of sulfonamides is 1. The van der Waals surface area contributed by atoms with Crippen molar-refractivity contribution in [2.24, 2.45) is 5.41 Å². The van der Waals surface area contributed by atoms with Gasteiger partial charge in [0.05, 0.1) is 10.6 Å². The molecule has 1 aromatic rings. The molecule has 0 radical (unpaired) electrons. The number of aryl methyl sites for hydroxylation is 1. The average molecular weight is 314 g/mol. The first-order valence-corrected chi connectivity index (χ1v) is 8.75. The van der Waals surface area contributed by atoms with E-state index in [4.69, 9.17) is 5.73 Å². The molecule has 0 heterocycles. The van der Waals surface area contributed by atoms with Crippen LogP contribution in [0.2, 0.25) is 0 Å². The summed E-state index contributed by atoms with van der Waals surface area (Å²) in [6.07, 6.45) is 4.21. The lowest BCUT2D eigenvalue weighted by atomic mass is 9.67. The molecule has 0 atom stereocenters. The molecule has 1 aromatic carbocycles. The van der Waals surface area contributed by atoms with E-state index in [-0.39, 0.29) is 21.6 Å². The average Bonchev–Trinajstić information content (AvgIpc) is 2.35. The SMILES string of the molecule is CCC1(CNS(=O)(=O)c2c(C)cc(F)c(N)c2C)CCC1. The topological polar surface area (TPSA) is 72.2 Å². The van der Waals surface area contributed by atoms with Crippen LogP contribution in [-0.4, -0.2) is 15.0 Å². The summed E-state index contributed by atoms with van der Waals surface area (Å²) in [5, 5.41) is 0. The summed E-state index contributed by atoms with van der Waals surface area (Å²) >= 11 is 0. The van der Waals surface area contributed by atoms with Crippen molar-refractivity contribution in [3.05, 3.63) is 23.0 Å². The highest BCUT2D eigenvalue weighted by molar-refractivity contribution is 7.89. The Hall–Kier alpha value is -1.14. The van der Waals surface area contributed by atoms with E-state index in [1.807, 2.05) is 0 Å². The zero-order chi connectivity index (χ0) is 15.8. The molecule has 0 amide bonds. The Morgan fingerprint density at radius 1 is 1.38 bits per heavy atom. The monoisotopic (exact) mass is 314 g/mol. The number of hydrogen-bond acceptors (Lipinski definition) is 3. The van der Waals surface area contributed by atoms with Crippen LogP contribution in [0.1, 0.15) is 43.7 Å². The number of nitrogens with one attached hydrogen (secondary N) is 1. The largest absolute Gasteiger partial charge is 0.396 e. The highest BCUT2D eigenvalue weighted by atomic mass is 32.2. The maximum Gasteiger partial charge on any atom is 0.241 e. The maximum atomic E-state index is 13.6. The van der Waals surface area contributed by atoms with Gasteiger partial charge in [-0.1, -0.05) is 13.3 Å². The molecule has 21 heavy (non-hydrogen) atoms. The van der Waals surface area contributed by atoms with E-state index in [1.54, 1.807) is 13.8 Å². The van der Waals surface area contributed by atoms with E-state index < -0.39 is 15.8 Å². The predicted octanol–water partition coefficient (Wildman–Crippen LogP) is 2.88. The van der Waals surface area contributed by atoms with E-state index in [0.29, 0.717) is 12.1 Å². The van der Waals surface area contributed by atoms with Crippen LogP contribution in [0.25, 0.3) is 0 Å². The first-order valence-electron chi connectivity index (χ1n) is 7.27. The molecular weight excluding hydrogens is 291 g/mol. The van der Waals surface area contributed by atoms with E-state index in [0.717, 1.165) is 25.7 Å². The van der Waals surface area contributed by atoms with Gasteiger partial charge >= 0.3 is 0 Å². The number of hydrogen-bond donors (Lipinski definition) is 2. The fourth-order valence-corrected chi connectivity index (χ4v) is 4.63. The van der Waals surface area contributed by atoms with Crippen molar-refractivity contribution in [3.8, 4) is 0 Å². The van der Waals surface area contributed by atoms with Gasteiger partial charge in [0, 0.05) is 6.54 Å². The molecule has 3 N–H and O–H groups in total. The van der Waals surface area contributed by atoms with Crippen LogP contribution in [0.3, 0.4) is 0 Å². The highest BCUT2D eigenvalue weighted by Gasteiger charge is 2.36. The second-order valence-electron chi connectivity index (χ2n) is 6.07. The van der Waals surface area contributed by atoms with Crippen LogP contribution < -0.4 is 10.5 Å². The lowest BCUT2D eigenvalue weighted by Crippen LogP contribution is -2.42. The molecule has 0 aliphatic heterocycles. The second-order valence-corrected chi connectivity index (χ2v) is 7.78. The zero-order valence-corrected chi connectivity index (χ0v) is 13.6. The Morgan fingerprint density at radius 2 is 2.00 bits per heavy atom. The van der Waals surface area contributed by atoms with Crippen molar-refractivity contribution in [2.45, 2.75) is 51.3 Å². The Morgan fingerprint density at radius 3 is 2.48 bits per heavy atom.